The maximum absolute atomic E-state index is 13.1. The molecule has 23 heavy (non-hydrogen) atoms. The van der Waals surface area contributed by atoms with E-state index in [-0.39, 0.29) is 5.56 Å². The molecule has 2 heterocycles. The zero-order chi connectivity index (χ0) is 15.8. The topological polar surface area (TPSA) is 34.9 Å². The van der Waals surface area contributed by atoms with Crippen LogP contribution in [0, 0.1) is 3.57 Å². The van der Waals surface area contributed by atoms with Crippen LogP contribution in [-0.4, -0.2) is 9.55 Å². The molecule has 0 radical (unpaired) electrons. The summed E-state index contributed by atoms with van der Waals surface area (Å²) in [6.07, 6.45) is 0. The lowest BCUT2D eigenvalue weighted by atomic mass is 10.2. The van der Waals surface area contributed by atoms with E-state index in [1.54, 1.807) is 15.9 Å². The number of hydrogen-bond donors (Lipinski definition) is 0. The average Bonchev–Trinajstić information content (AvgIpc) is 3.10. The molecule has 4 aromatic rings. The molecule has 0 amide bonds. The molecule has 4 rings (SSSR count). The number of benzene rings is 2. The Bertz CT molecular complexity index is 1040. The molecular weight excluding hydrogens is 419 g/mol. The maximum atomic E-state index is 13.1. The average molecular weight is 430 g/mol. The molecule has 0 unspecified atom stereocenters. The Hall–Kier alpha value is -1.99. The van der Waals surface area contributed by atoms with Crippen LogP contribution in [0.1, 0.15) is 0 Å². The summed E-state index contributed by atoms with van der Waals surface area (Å²) in [5.74, 6) is 0.685. The lowest BCUT2D eigenvalue weighted by Crippen LogP contribution is -2.21. The lowest BCUT2D eigenvalue weighted by molar-refractivity contribution is 0.980. The third kappa shape index (κ3) is 2.60. The molecule has 0 aliphatic rings. The summed E-state index contributed by atoms with van der Waals surface area (Å²) in [6, 6.07) is 19.4. The molecule has 0 aliphatic heterocycles. The van der Waals surface area contributed by atoms with Gasteiger partial charge >= 0.3 is 0 Å². The van der Waals surface area contributed by atoms with E-state index < -0.39 is 0 Å². The zero-order valence-corrected chi connectivity index (χ0v) is 14.9. The summed E-state index contributed by atoms with van der Waals surface area (Å²) in [5, 5.41) is 2.63. The van der Waals surface area contributed by atoms with Crippen molar-refractivity contribution in [3.8, 4) is 16.4 Å². The number of thiophene rings is 1. The van der Waals surface area contributed by atoms with Crippen LogP contribution in [0.4, 0.5) is 0 Å². The fourth-order valence-electron chi connectivity index (χ4n) is 2.55. The van der Waals surface area contributed by atoms with Gasteiger partial charge in [-0.2, -0.15) is 0 Å². The van der Waals surface area contributed by atoms with Gasteiger partial charge in [0.1, 0.15) is 0 Å². The van der Waals surface area contributed by atoms with Gasteiger partial charge < -0.3 is 0 Å². The summed E-state index contributed by atoms with van der Waals surface area (Å²) in [5.41, 5.74) is 1.52. The van der Waals surface area contributed by atoms with Crippen LogP contribution in [0.25, 0.3) is 27.3 Å². The Labute approximate surface area is 150 Å². The second-order valence-electron chi connectivity index (χ2n) is 5.05. The van der Waals surface area contributed by atoms with Crippen molar-refractivity contribution in [3.63, 3.8) is 0 Å². The molecule has 0 atom stereocenters. The quantitative estimate of drug-likeness (QED) is 0.432. The molecule has 0 fully saturated rings. The van der Waals surface area contributed by atoms with Crippen molar-refractivity contribution in [3.05, 3.63) is 80.0 Å². The Kier molecular flexibility index (Phi) is 3.74. The molecule has 112 valence electrons. The third-order valence-electron chi connectivity index (χ3n) is 3.59. The predicted molar refractivity (Wildman–Crippen MR) is 103 cm³/mol. The fraction of sp³-hybridized carbons (Fsp3) is 0. The van der Waals surface area contributed by atoms with Crippen LogP contribution in [0.5, 0.6) is 0 Å². The minimum atomic E-state index is -0.0388. The predicted octanol–water partition coefficient (Wildman–Crippen LogP) is 4.72. The van der Waals surface area contributed by atoms with Crippen LogP contribution < -0.4 is 5.56 Å². The molecule has 0 spiro atoms. The molecule has 2 aromatic heterocycles. The number of nitrogens with zero attached hydrogens (tertiary/aromatic N) is 2. The van der Waals surface area contributed by atoms with Crippen molar-refractivity contribution in [2.45, 2.75) is 0 Å². The highest BCUT2D eigenvalue weighted by atomic mass is 127. The smallest absolute Gasteiger partial charge is 0.266 e. The standard InChI is InChI=1S/C18H11IN2OS/c19-12-8-9-15-14(11-12)18(22)21(13-5-2-1-3-6-13)17(20-15)16-7-4-10-23-16/h1-11H. The zero-order valence-electron chi connectivity index (χ0n) is 11.9. The Morgan fingerprint density at radius 1 is 1.00 bits per heavy atom. The van der Waals surface area contributed by atoms with E-state index in [1.807, 2.05) is 66.0 Å². The summed E-state index contributed by atoms with van der Waals surface area (Å²) < 4.78 is 2.72. The van der Waals surface area contributed by atoms with Gasteiger partial charge in [-0.3, -0.25) is 9.36 Å². The van der Waals surface area contributed by atoms with Crippen LogP contribution in [-0.2, 0) is 0 Å². The second-order valence-corrected chi connectivity index (χ2v) is 7.24. The van der Waals surface area contributed by atoms with Crippen molar-refractivity contribution < 1.29 is 0 Å². The van der Waals surface area contributed by atoms with Crippen LogP contribution >= 0.6 is 33.9 Å². The van der Waals surface area contributed by atoms with Crippen molar-refractivity contribution >= 4 is 44.8 Å². The summed E-state index contributed by atoms with van der Waals surface area (Å²) in [4.78, 5) is 18.9. The van der Waals surface area contributed by atoms with Crippen molar-refractivity contribution in [2.75, 3.05) is 0 Å². The minimum absolute atomic E-state index is 0.0388. The maximum Gasteiger partial charge on any atom is 0.266 e. The first-order chi connectivity index (χ1) is 11.2. The van der Waals surface area contributed by atoms with Crippen LogP contribution in [0.3, 0.4) is 0 Å². The van der Waals surface area contributed by atoms with Crippen LogP contribution in [0.15, 0.2) is 70.8 Å². The first-order valence-electron chi connectivity index (χ1n) is 7.06. The highest BCUT2D eigenvalue weighted by Crippen LogP contribution is 2.26. The number of para-hydroxylation sites is 1. The van der Waals surface area contributed by atoms with Gasteiger partial charge in [0.2, 0.25) is 0 Å². The first kappa shape index (κ1) is 14.6. The molecule has 3 nitrogen and oxygen atoms in total. The van der Waals surface area contributed by atoms with Gasteiger partial charge in [0.15, 0.2) is 5.82 Å². The largest absolute Gasteiger partial charge is 0.268 e. The van der Waals surface area contributed by atoms with E-state index in [1.165, 1.54) is 0 Å². The summed E-state index contributed by atoms with van der Waals surface area (Å²) in [6.45, 7) is 0. The van der Waals surface area contributed by atoms with Gasteiger partial charge in [-0.1, -0.05) is 24.3 Å². The molecule has 0 saturated carbocycles. The van der Waals surface area contributed by atoms with E-state index in [4.69, 9.17) is 4.98 Å². The number of halogens is 1. The number of hydrogen-bond acceptors (Lipinski definition) is 3. The van der Waals surface area contributed by atoms with Gasteiger partial charge in [-0.25, -0.2) is 4.98 Å². The molecular formula is C18H11IN2OS. The Morgan fingerprint density at radius 2 is 1.83 bits per heavy atom. The highest BCUT2D eigenvalue weighted by Gasteiger charge is 2.15. The second kappa shape index (κ2) is 5.90. The molecule has 0 aliphatic carbocycles. The molecule has 0 saturated heterocycles. The molecule has 5 heteroatoms. The Balaban J connectivity index is 2.15. The highest BCUT2D eigenvalue weighted by molar-refractivity contribution is 14.1. The number of aromatic nitrogens is 2. The van der Waals surface area contributed by atoms with Crippen LogP contribution in [0.2, 0.25) is 0 Å². The first-order valence-corrected chi connectivity index (χ1v) is 9.01. The molecule has 0 bridgehead atoms. The van der Waals surface area contributed by atoms with Crippen molar-refractivity contribution in [2.24, 2.45) is 0 Å². The monoisotopic (exact) mass is 430 g/mol. The molecule has 0 N–H and O–H groups in total. The Morgan fingerprint density at radius 3 is 2.57 bits per heavy atom. The van der Waals surface area contributed by atoms with Crippen molar-refractivity contribution in [1.82, 2.24) is 9.55 Å². The van der Waals surface area contributed by atoms with E-state index >= 15 is 0 Å². The molecule has 2 aromatic carbocycles. The summed E-state index contributed by atoms with van der Waals surface area (Å²) in [7, 11) is 0. The van der Waals surface area contributed by atoms with E-state index in [2.05, 4.69) is 22.6 Å². The van der Waals surface area contributed by atoms with Gasteiger partial charge in [-0.05, 0) is 64.4 Å². The fourth-order valence-corrected chi connectivity index (χ4v) is 3.74. The normalized spacial score (nSPS) is 11.0. The van der Waals surface area contributed by atoms with Gasteiger partial charge in [0.25, 0.3) is 5.56 Å². The summed E-state index contributed by atoms with van der Waals surface area (Å²) >= 11 is 3.80. The number of rotatable bonds is 2. The van der Waals surface area contributed by atoms with Gasteiger partial charge in [-0.15, -0.1) is 11.3 Å². The van der Waals surface area contributed by atoms with E-state index in [0.29, 0.717) is 11.2 Å². The third-order valence-corrected chi connectivity index (χ3v) is 5.12. The van der Waals surface area contributed by atoms with Gasteiger partial charge in [0.05, 0.1) is 21.5 Å². The minimum Gasteiger partial charge on any atom is -0.268 e. The lowest BCUT2D eigenvalue weighted by Gasteiger charge is -2.12. The number of fused-ring (bicyclic) bond motifs is 1. The van der Waals surface area contributed by atoms with Gasteiger partial charge in [0, 0.05) is 3.57 Å². The SMILES string of the molecule is O=c1c2cc(I)ccc2nc(-c2cccs2)n1-c1ccccc1. The van der Waals surface area contributed by atoms with E-state index in [0.717, 1.165) is 19.7 Å². The van der Waals surface area contributed by atoms with Crippen molar-refractivity contribution in [1.29, 1.82) is 0 Å². The van der Waals surface area contributed by atoms with E-state index in [9.17, 15) is 4.79 Å².